The van der Waals surface area contributed by atoms with Gasteiger partial charge in [0.15, 0.2) is 0 Å². The molecule has 60 valence electrons. The lowest BCUT2D eigenvalue weighted by atomic mass is 10.4. The van der Waals surface area contributed by atoms with Crippen LogP contribution in [-0.2, 0) is 0 Å². The predicted molar refractivity (Wildman–Crippen MR) is 45.7 cm³/mol. The van der Waals surface area contributed by atoms with E-state index in [1.165, 1.54) is 6.42 Å². The van der Waals surface area contributed by atoms with Crippen molar-refractivity contribution in [2.45, 2.75) is 13.3 Å². The van der Waals surface area contributed by atoms with E-state index in [9.17, 15) is 0 Å². The predicted octanol–water partition coefficient (Wildman–Crippen LogP) is 1.36. The van der Waals surface area contributed by atoms with Gasteiger partial charge >= 0.3 is 0 Å². The number of hydrogen-bond donors (Lipinski definition) is 0. The molecule has 2 nitrogen and oxygen atoms in total. The first kappa shape index (κ1) is 9.50. The highest BCUT2D eigenvalue weighted by atomic mass is 15.3. The van der Waals surface area contributed by atoms with Gasteiger partial charge in [-0.25, -0.2) is 0 Å². The van der Waals surface area contributed by atoms with E-state index in [1.807, 2.05) is 13.2 Å². The molecule has 0 aliphatic rings. The van der Waals surface area contributed by atoms with Gasteiger partial charge in [-0.05, 0) is 26.2 Å². The molecule has 2 heteroatoms. The molecule has 0 saturated heterocycles. The van der Waals surface area contributed by atoms with Crippen LogP contribution in [0, 0.1) is 0 Å². The van der Waals surface area contributed by atoms with Gasteiger partial charge in [-0.3, -0.25) is 4.90 Å². The van der Waals surface area contributed by atoms with Crippen molar-refractivity contribution in [3.63, 3.8) is 0 Å². The Morgan fingerprint density at radius 1 is 1.40 bits per heavy atom. The summed E-state index contributed by atoms with van der Waals surface area (Å²) in [5.74, 6) is 0. The molecule has 0 bridgehead atoms. The molecule has 0 aromatic rings. The van der Waals surface area contributed by atoms with Crippen molar-refractivity contribution in [1.82, 2.24) is 9.80 Å². The molecule has 0 spiro atoms. The van der Waals surface area contributed by atoms with Gasteiger partial charge in [0.2, 0.25) is 0 Å². The SMILES string of the molecule is C=CN(C)CN(C)CCC. The van der Waals surface area contributed by atoms with E-state index < -0.39 is 0 Å². The molecule has 0 rings (SSSR count). The van der Waals surface area contributed by atoms with Crippen molar-refractivity contribution in [2.24, 2.45) is 0 Å². The Morgan fingerprint density at radius 2 is 2.00 bits per heavy atom. The largest absolute Gasteiger partial charge is 0.368 e. The van der Waals surface area contributed by atoms with Crippen molar-refractivity contribution in [3.05, 3.63) is 12.8 Å². The maximum absolute atomic E-state index is 3.67. The van der Waals surface area contributed by atoms with Crippen LogP contribution in [0.2, 0.25) is 0 Å². The monoisotopic (exact) mass is 142 g/mol. The Morgan fingerprint density at radius 3 is 2.40 bits per heavy atom. The third kappa shape index (κ3) is 4.39. The molecular weight excluding hydrogens is 124 g/mol. The summed E-state index contributed by atoms with van der Waals surface area (Å²) < 4.78 is 0. The molecule has 0 amide bonds. The second-order valence-electron chi connectivity index (χ2n) is 2.66. The molecule has 0 aromatic heterocycles. The summed E-state index contributed by atoms with van der Waals surface area (Å²) in [6.45, 7) is 7.98. The van der Waals surface area contributed by atoms with Crippen molar-refractivity contribution in [1.29, 1.82) is 0 Å². The van der Waals surface area contributed by atoms with Crippen LogP contribution in [-0.4, -0.2) is 37.1 Å². The maximum atomic E-state index is 3.67. The summed E-state index contributed by atoms with van der Waals surface area (Å²) in [7, 11) is 4.14. The first-order valence-corrected chi connectivity index (χ1v) is 3.72. The molecule has 0 aromatic carbocycles. The van der Waals surface area contributed by atoms with E-state index in [1.54, 1.807) is 0 Å². The zero-order valence-electron chi connectivity index (χ0n) is 7.30. The van der Waals surface area contributed by atoms with Crippen LogP contribution in [0.25, 0.3) is 0 Å². The van der Waals surface area contributed by atoms with Crippen LogP contribution in [0.15, 0.2) is 12.8 Å². The average Bonchev–Trinajstić information content (AvgIpc) is 1.88. The van der Waals surface area contributed by atoms with Crippen molar-refractivity contribution in [3.8, 4) is 0 Å². The topological polar surface area (TPSA) is 6.48 Å². The molecule has 0 radical (unpaired) electrons. The minimum atomic E-state index is 0.970. The van der Waals surface area contributed by atoms with Gasteiger partial charge in [0, 0.05) is 7.05 Å². The lowest BCUT2D eigenvalue weighted by Crippen LogP contribution is -2.29. The zero-order valence-corrected chi connectivity index (χ0v) is 7.30. The Bertz CT molecular complexity index is 91.3. The van der Waals surface area contributed by atoms with Gasteiger partial charge in [0.05, 0.1) is 6.67 Å². The summed E-state index contributed by atoms with van der Waals surface area (Å²) in [6.07, 6.45) is 3.05. The molecule has 10 heavy (non-hydrogen) atoms. The summed E-state index contributed by atoms with van der Waals surface area (Å²) in [5.41, 5.74) is 0. The molecule has 0 aliphatic carbocycles. The normalized spacial score (nSPS) is 10.0. The van der Waals surface area contributed by atoms with E-state index in [2.05, 4.69) is 30.4 Å². The number of hydrogen-bond acceptors (Lipinski definition) is 2. The molecule has 0 N–H and O–H groups in total. The second-order valence-corrected chi connectivity index (χ2v) is 2.66. The quantitative estimate of drug-likeness (QED) is 0.535. The van der Waals surface area contributed by atoms with Crippen LogP contribution in [0.3, 0.4) is 0 Å². The molecule has 0 aliphatic heterocycles. The molecule has 0 fully saturated rings. The van der Waals surface area contributed by atoms with Crippen LogP contribution in [0.5, 0.6) is 0 Å². The lowest BCUT2D eigenvalue weighted by molar-refractivity contribution is 0.229. The fourth-order valence-electron chi connectivity index (χ4n) is 0.891. The second kappa shape index (κ2) is 5.30. The van der Waals surface area contributed by atoms with Gasteiger partial charge in [-0.1, -0.05) is 13.5 Å². The van der Waals surface area contributed by atoms with Crippen molar-refractivity contribution in [2.75, 3.05) is 27.3 Å². The standard InChI is InChI=1S/C8H18N2/c1-5-7-10(4)8-9(3)6-2/h6H,2,5,7-8H2,1,3-4H3. The molecular formula is C8H18N2. The van der Waals surface area contributed by atoms with Crippen LogP contribution in [0.1, 0.15) is 13.3 Å². The molecule has 0 heterocycles. The van der Waals surface area contributed by atoms with Gasteiger partial charge in [0.25, 0.3) is 0 Å². The van der Waals surface area contributed by atoms with E-state index in [0.29, 0.717) is 0 Å². The van der Waals surface area contributed by atoms with Gasteiger partial charge in [-0.15, -0.1) is 0 Å². The highest BCUT2D eigenvalue weighted by Gasteiger charge is 1.95. The first-order chi connectivity index (χ1) is 4.70. The Kier molecular flexibility index (Phi) is 5.03. The Balaban J connectivity index is 3.36. The van der Waals surface area contributed by atoms with E-state index >= 15 is 0 Å². The van der Waals surface area contributed by atoms with Crippen LogP contribution < -0.4 is 0 Å². The first-order valence-electron chi connectivity index (χ1n) is 3.72. The highest BCUT2D eigenvalue weighted by Crippen LogP contribution is 1.89. The van der Waals surface area contributed by atoms with Gasteiger partial charge < -0.3 is 4.90 Å². The Labute approximate surface area is 64.1 Å². The summed E-state index contributed by atoms with van der Waals surface area (Å²) >= 11 is 0. The van der Waals surface area contributed by atoms with Gasteiger partial charge in [0.1, 0.15) is 0 Å². The zero-order chi connectivity index (χ0) is 7.98. The average molecular weight is 142 g/mol. The molecule has 0 saturated carbocycles. The fourth-order valence-corrected chi connectivity index (χ4v) is 0.891. The smallest absolute Gasteiger partial charge is 0.0695 e. The van der Waals surface area contributed by atoms with E-state index in [-0.39, 0.29) is 0 Å². The van der Waals surface area contributed by atoms with Gasteiger partial charge in [-0.2, -0.15) is 0 Å². The summed E-state index contributed by atoms with van der Waals surface area (Å²) in [6, 6.07) is 0. The van der Waals surface area contributed by atoms with E-state index in [0.717, 1.165) is 13.2 Å². The lowest BCUT2D eigenvalue weighted by Gasteiger charge is -2.21. The fraction of sp³-hybridized carbons (Fsp3) is 0.750. The van der Waals surface area contributed by atoms with Crippen LogP contribution in [0.4, 0.5) is 0 Å². The molecule has 0 atom stereocenters. The number of nitrogens with zero attached hydrogens (tertiary/aromatic N) is 2. The van der Waals surface area contributed by atoms with Crippen molar-refractivity contribution >= 4 is 0 Å². The summed E-state index contributed by atoms with van der Waals surface area (Å²) in [5, 5.41) is 0. The van der Waals surface area contributed by atoms with Crippen molar-refractivity contribution < 1.29 is 0 Å². The van der Waals surface area contributed by atoms with Crippen LogP contribution >= 0.6 is 0 Å². The Hall–Kier alpha value is -0.500. The highest BCUT2D eigenvalue weighted by molar-refractivity contribution is 4.65. The third-order valence-corrected chi connectivity index (χ3v) is 1.38. The maximum Gasteiger partial charge on any atom is 0.0695 e. The minimum absolute atomic E-state index is 0.970. The third-order valence-electron chi connectivity index (χ3n) is 1.38. The summed E-state index contributed by atoms with van der Waals surface area (Å²) in [4.78, 5) is 4.33. The molecule has 0 unspecified atom stereocenters. The number of rotatable bonds is 5. The van der Waals surface area contributed by atoms with E-state index in [4.69, 9.17) is 0 Å². The minimum Gasteiger partial charge on any atom is -0.368 e.